The van der Waals surface area contributed by atoms with Crippen molar-refractivity contribution in [2.75, 3.05) is 6.61 Å². The molecule has 0 fully saturated rings. The van der Waals surface area contributed by atoms with Gasteiger partial charge in [0, 0.05) is 5.57 Å². The zero-order valence-corrected chi connectivity index (χ0v) is 23.1. The molecule has 0 bridgehead atoms. The number of hydrogen-bond acceptors (Lipinski definition) is 2. The molecule has 0 saturated heterocycles. The van der Waals surface area contributed by atoms with Crippen LogP contribution in [0.5, 0.6) is 0 Å². The van der Waals surface area contributed by atoms with Gasteiger partial charge >= 0.3 is 5.97 Å². The number of rotatable bonds is 26. The summed E-state index contributed by atoms with van der Waals surface area (Å²) in [5, 5.41) is 0. The first kappa shape index (κ1) is 32.2. The van der Waals surface area contributed by atoms with E-state index in [1.165, 1.54) is 141 Å². The van der Waals surface area contributed by atoms with E-state index < -0.39 is 0 Å². The van der Waals surface area contributed by atoms with Crippen LogP contribution >= 0.6 is 0 Å². The Morgan fingerprint density at radius 2 is 0.848 bits per heavy atom. The number of hydrogen-bond donors (Lipinski definition) is 0. The van der Waals surface area contributed by atoms with E-state index in [-0.39, 0.29) is 5.97 Å². The zero-order chi connectivity index (χ0) is 24.2. The van der Waals surface area contributed by atoms with Gasteiger partial charge in [0.1, 0.15) is 0 Å². The van der Waals surface area contributed by atoms with Crippen molar-refractivity contribution in [3.8, 4) is 0 Å². The fourth-order valence-corrected chi connectivity index (χ4v) is 4.43. The Labute approximate surface area is 208 Å². The van der Waals surface area contributed by atoms with E-state index in [9.17, 15) is 4.79 Å². The molecule has 0 aromatic heterocycles. The Hall–Kier alpha value is -0.790. The topological polar surface area (TPSA) is 26.3 Å². The van der Waals surface area contributed by atoms with Crippen LogP contribution in [0.15, 0.2) is 11.6 Å². The fourth-order valence-electron chi connectivity index (χ4n) is 4.43. The number of carbonyl (C=O) groups is 1. The van der Waals surface area contributed by atoms with Crippen LogP contribution in [-0.4, -0.2) is 12.6 Å². The van der Waals surface area contributed by atoms with Gasteiger partial charge in [-0.2, -0.15) is 0 Å². The second kappa shape index (κ2) is 27.5. The molecule has 33 heavy (non-hydrogen) atoms. The van der Waals surface area contributed by atoms with Gasteiger partial charge in [-0.1, -0.05) is 155 Å². The van der Waals surface area contributed by atoms with Gasteiger partial charge in [0.15, 0.2) is 0 Å². The molecular formula is C31H60O2. The summed E-state index contributed by atoms with van der Waals surface area (Å²) in [5.74, 6) is -0.110. The predicted molar refractivity (Wildman–Crippen MR) is 147 cm³/mol. The third kappa shape index (κ3) is 25.7. The Kier molecular flexibility index (Phi) is 26.8. The standard InChI is InChI=1S/C31H60O2/c1-4-6-8-10-12-14-16-17-19-21-23-25-27-29-33-31(32)30(3)28-26-24-22-20-18-15-13-11-9-7-5-2/h28H,4-27,29H2,1-3H3. The van der Waals surface area contributed by atoms with Crippen molar-refractivity contribution in [1.29, 1.82) is 0 Å². The molecule has 196 valence electrons. The van der Waals surface area contributed by atoms with Crippen molar-refractivity contribution < 1.29 is 9.53 Å². The molecule has 0 rings (SSSR count). The third-order valence-electron chi connectivity index (χ3n) is 6.81. The zero-order valence-electron chi connectivity index (χ0n) is 23.1. The second-order valence-corrected chi connectivity index (χ2v) is 10.2. The highest BCUT2D eigenvalue weighted by Gasteiger charge is 2.05. The Morgan fingerprint density at radius 3 is 1.24 bits per heavy atom. The highest BCUT2D eigenvalue weighted by Crippen LogP contribution is 2.14. The van der Waals surface area contributed by atoms with Crippen molar-refractivity contribution in [2.45, 2.75) is 175 Å². The fraction of sp³-hybridized carbons (Fsp3) is 0.903. The van der Waals surface area contributed by atoms with E-state index in [4.69, 9.17) is 4.74 Å². The quantitative estimate of drug-likeness (QED) is 0.0722. The van der Waals surface area contributed by atoms with Crippen LogP contribution in [0.1, 0.15) is 175 Å². The van der Waals surface area contributed by atoms with Gasteiger partial charge in [0.05, 0.1) is 6.61 Å². The van der Waals surface area contributed by atoms with Crippen molar-refractivity contribution in [3.63, 3.8) is 0 Å². The number of esters is 1. The first-order valence-electron chi connectivity index (χ1n) is 15.1. The van der Waals surface area contributed by atoms with Crippen LogP contribution in [0.2, 0.25) is 0 Å². The van der Waals surface area contributed by atoms with E-state index in [0.29, 0.717) is 6.61 Å². The first-order valence-corrected chi connectivity index (χ1v) is 15.1. The highest BCUT2D eigenvalue weighted by molar-refractivity contribution is 5.87. The maximum Gasteiger partial charge on any atom is 0.333 e. The molecule has 0 atom stereocenters. The lowest BCUT2D eigenvalue weighted by molar-refractivity contribution is -0.139. The Morgan fingerprint density at radius 1 is 0.515 bits per heavy atom. The summed E-state index contributed by atoms with van der Waals surface area (Å²) >= 11 is 0. The third-order valence-corrected chi connectivity index (χ3v) is 6.81. The van der Waals surface area contributed by atoms with E-state index in [1.54, 1.807) is 0 Å². The van der Waals surface area contributed by atoms with Crippen molar-refractivity contribution in [1.82, 2.24) is 0 Å². The summed E-state index contributed by atoms with van der Waals surface area (Å²) in [5.41, 5.74) is 0.792. The normalized spacial score (nSPS) is 11.8. The number of ether oxygens (including phenoxy) is 1. The maximum absolute atomic E-state index is 12.1. The average molecular weight is 465 g/mol. The highest BCUT2D eigenvalue weighted by atomic mass is 16.5. The monoisotopic (exact) mass is 464 g/mol. The predicted octanol–water partition coefficient (Wildman–Crippen LogP) is 10.9. The molecule has 0 spiro atoms. The summed E-state index contributed by atoms with van der Waals surface area (Å²) in [6.07, 6.45) is 34.1. The molecule has 0 aromatic rings. The second-order valence-electron chi connectivity index (χ2n) is 10.2. The van der Waals surface area contributed by atoms with Gasteiger partial charge in [-0.15, -0.1) is 0 Å². The molecule has 0 N–H and O–H groups in total. The lowest BCUT2D eigenvalue weighted by Crippen LogP contribution is -2.07. The minimum atomic E-state index is -0.110. The van der Waals surface area contributed by atoms with Crippen molar-refractivity contribution in [3.05, 3.63) is 11.6 Å². The van der Waals surface area contributed by atoms with E-state index in [0.717, 1.165) is 18.4 Å². The lowest BCUT2D eigenvalue weighted by atomic mass is 10.0. The molecular weight excluding hydrogens is 404 g/mol. The van der Waals surface area contributed by atoms with Gasteiger partial charge < -0.3 is 4.74 Å². The molecule has 0 aliphatic heterocycles. The van der Waals surface area contributed by atoms with Gasteiger partial charge in [-0.3, -0.25) is 0 Å². The van der Waals surface area contributed by atoms with Gasteiger partial charge in [0.2, 0.25) is 0 Å². The molecule has 2 nitrogen and oxygen atoms in total. The molecule has 0 unspecified atom stereocenters. The van der Waals surface area contributed by atoms with E-state index in [1.807, 2.05) is 6.92 Å². The molecule has 0 saturated carbocycles. The molecule has 0 aliphatic rings. The SMILES string of the molecule is CCCCCCCCCCCCC=C(C)C(=O)OCCCCCCCCCCCCCCC. The molecule has 0 aromatic carbocycles. The Bertz CT molecular complexity index is 427. The van der Waals surface area contributed by atoms with Crippen LogP contribution < -0.4 is 0 Å². The number of allylic oxidation sites excluding steroid dienone is 1. The Balaban J connectivity index is 3.37. The first-order chi connectivity index (χ1) is 16.2. The summed E-state index contributed by atoms with van der Waals surface area (Å²) < 4.78 is 5.45. The van der Waals surface area contributed by atoms with Crippen molar-refractivity contribution >= 4 is 5.97 Å². The molecule has 0 heterocycles. The van der Waals surface area contributed by atoms with Crippen LogP contribution in [0.4, 0.5) is 0 Å². The number of unbranched alkanes of at least 4 members (excludes halogenated alkanes) is 22. The number of carbonyl (C=O) groups excluding carboxylic acids is 1. The molecule has 2 heteroatoms. The van der Waals surface area contributed by atoms with Gasteiger partial charge in [-0.25, -0.2) is 4.79 Å². The summed E-state index contributed by atoms with van der Waals surface area (Å²) in [4.78, 5) is 12.1. The molecule has 0 amide bonds. The molecule has 0 radical (unpaired) electrons. The molecule has 0 aliphatic carbocycles. The maximum atomic E-state index is 12.1. The van der Waals surface area contributed by atoms with Crippen LogP contribution in [0.25, 0.3) is 0 Å². The van der Waals surface area contributed by atoms with Crippen LogP contribution in [-0.2, 0) is 9.53 Å². The summed E-state index contributed by atoms with van der Waals surface area (Å²) in [6.45, 7) is 7.04. The summed E-state index contributed by atoms with van der Waals surface area (Å²) in [6, 6.07) is 0. The van der Waals surface area contributed by atoms with Crippen LogP contribution in [0, 0.1) is 0 Å². The largest absolute Gasteiger partial charge is 0.462 e. The van der Waals surface area contributed by atoms with Gasteiger partial charge in [0.25, 0.3) is 0 Å². The summed E-state index contributed by atoms with van der Waals surface area (Å²) in [7, 11) is 0. The van der Waals surface area contributed by atoms with E-state index >= 15 is 0 Å². The average Bonchev–Trinajstić information content (AvgIpc) is 2.82. The minimum Gasteiger partial charge on any atom is -0.462 e. The van der Waals surface area contributed by atoms with E-state index in [2.05, 4.69) is 19.9 Å². The van der Waals surface area contributed by atoms with Crippen LogP contribution in [0.3, 0.4) is 0 Å². The van der Waals surface area contributed by atoms with Gasteiger partial charge in [-0.05, 0) is 26.2 Å². The lowest BCUT2D eigenvalue weighted by Gasteiger charge is -2.06. The minimum absolute atomic E-state index is 0.110. The van der Waals surface area contributed by atoms with Crippen molar-refractivity contribution in [2.24, 2.45) is 0 Å². The smallest absolute Gasteiger partial charge is 0.333 e.